The van der Waals surface area contributed by atoms with Crippen LogP contribution in [0.1, 0.15) is 28.9 Å². The number of hydrogen-bond acceptors (Lipinski definition) is 2. The second-order valence-corrected chi connectivity index (χ2v) is 6.77. The van der Waals surface area contributed by atoms with Gasteiger partial charge >= 0.3 is 0 Å². The summed E-state index contributed by atoms with van der Waals surface area (Å²) in [5.74, 6) is -0.200. The quantitative estimate of drug-likeness (QED) is 0.656. The summed E-state index contributed by atoms with van der Waals surface area (Å²) in [7, 11) is 1.81. The van der Waals surface area contributed by atoms with Crippen molar-refractivity contribution >= 4 is 5.91 Å². The first-order chi connectivity index (χ1) is 13.0. The van der Waals surface area contributed by atoms with Crippen molar-refractivity contribution in [2.75, 3.05) is 7.05 Å². The zero-order chi connectivity index (χ0) is 19.4. The van der Waals surface area contributed by atoms with Crippen molar-refractivity contribution in [2.24, 2.45) is 0 Å². The first-order valence-electron chi connectivity index (χ1n) is 9.04. The molecule has 3 aromatic rings. The molecular formula is C22H24FN3O. The second kappa shape index (κ2) is 8.16. The Bertz CT molecular complexity index is 917. The van der Waals surface area contributed by atoms with Crippen LogP contribution in [0.25, 0.3) is 5.69 Å². The summed E-state index contributed by atoms with van der Waals surface area (Å²) in [4.78, 5) is 14.2. The molecule has 0 aliphatic rings. The fraction of sp³-hybridized carbons (Fsp3) is 0.273. The van der Waals surface area contributed by atoms with E-state index in [9.17, 15) is 9.18 Å². The first kappa shape index (κ1) is 18.8. The number of halogens is 1. The number of amides is 1. The van der Waals surface area contributed by atoms with Gasteiger partial charge in [0.1, 0.15) is 5.82 Å². The molecular weight excluding hydrogens is 341 g/mol. The molecule has 140 valence electrons. The lowest BCUT2D eigenvalue weighted by molar-refractivity contribution is -0.130. The third-order valence-corrected chi connectivity index (χ3v) is 4.80. The SMILES string of the molecule is Cc1nn(-c2ccccc2)c(C)c1CN(C)C(=O)CCc1ccc(F)cc1. The van der Waals surface area contributed by atoms with E-state index in [4.69, 9.17) is 0 Å². The lowest BCUT2D eigenvalue weighted by Gasteiger charge is -2.17. The molecule has 0 aliphatic carbocycles. The van der Waals surface area contributed by atoms with Crippen molar-refractivity contribution in [1.29, 1.82) is 0 Å². The van der Waals surface area contributed by atoms with Crippen molar-refractivity contribution in [3.05, 3.63) is 82.9 Å². The lowest BCUT2D eigenvalue weighted by Crippen LogP contribution is -2.27. The molecule has 0 aliphatic heterocycles. The van der Waals surface area contributed by atoms with Crippen molar-refractivity contribution in [1.82, 2.24) is 14.7 Å². The van der Waals surface area contributed by atoms with Gasteiger partial charge in [-0.05, 0) is 50.1 Å². The van der Waals surface area contributed by atoms with Crippen LogP contribution in [-0.4, -0.2) is 27.6 Å². The number of carbonyl (C=O) groups is 1. The molecule has 4 nitrogen and oxygen atoms in total. The van der Waals surface area contributed by atoms with E-state index < -0.39 is 0 Å². The summed E-state index contributed by atoms with van der Waals surface area (Å²) in [5, 5.41) is 4.64. The van der Waals surface area contributed by atoms with Gasteiger partial charge in [-0.2, -0.15) is 5.10 Å². The Hall–Kier alpha value is -2.95. The van der Waals surface area contributed by atoms with Crippen LogP contribution in [0.5, 0.6) is 0 Å². The second-order valence-electron chi connectivity index (χ2n) is 6.77. The van der Waals surface area contributed by atoms with Crippen LogP contribution in [0.2, 0.25) is 0 Å². The summed E-state index contributed by atoms with van der Waals surface area (Å²) >= 11 is 0. The van der Waals surface area contributed by atoms with Gasteiger partial charge in [0.05, 0.1) is 11.4 Å². The van der Waals surface area contributed by atoms with Gasteiger partial charge in [0.2, 0.25) is 5.91 Å². The lowest BCUT2D eigenvalue weighted by atomic mass is 10.1. The highest BCUT2D eigenvalue weighted by Crippen LogP contribution is 2.19. The summed E-state index contributed by atoms with van der Waals surface area (Å²) in [6.45, 7) is 4.52. The number of aryl methyl sites for hydroxylation is 2. The van der Waals surface area contributed by atoms with Gasteiger partial charge in [-0.3, -0.25) is 4.79 Å². The molecule has 0 atom stereocenters. The Morgan fingerprint density at radius 1 is 1.07 bits per heavy atom. The van der Waals surface area contributed by atoms with Crippen molar-refractivity contribution in [3.8, 4) is 5.69 Å². The fourth-order valence-electron chi connectivity index (χ4n) is 3.14. The number of aromatic nitrogens is 2. The summed E-state index contributed by atoms with van der Waals surface area (Å²) < 4.78 is 14.9. The van der Waals surface area contributed by atoms with E-state index in [2.05, 4.69) is 5.10 Å². The predicted octanol–water partition coefficient (Wildman–Crippen LogP) is 4.22. The molecule has 0 radical (unpaired) electrons. The molecule has 0 saturated heterocycles. The Balaban J connectivity index is 1.66. The topological polar surface area (TPSA) is 38.1 Å². The van der Waals surface area contributed by atoms with Gasteiger partial charge in [0, 0.05) is 31.3 Å². The molecule has 27 heavy (non-hydrogen) atoms. The number of benzene rings is 2. The Morgan fingerprint density at radius 3 is 2.41 bits per heavy atom. The molecule has 1 amide bonds. The highest BCUT2D eigenvalue weighted by molar-refractivity contribution is 5.76. The minimum atomic E-state index is -0.261. The van der Waals surface area contributed by atoms with Gasteiger partial charge in [0.25, 0.3) is 0 Å². The number of para-hydroxylation sites is 1. The third-order valence-electron chi connectivity index (χ3n) is 4.80. The van der Waals surface area contributed by atoms with Crippen LogP contribution in [0.4, 0.5) is 4.39 Å². The van der Waals surface area contributed by atoms with Crippen LogP contribution in [-0.2, 0) is 17.8 Å². The molecule has 2 aromatic carbocycles. The molecule has 1 aromatic heterocycles. The molecule has 0 unspecified atom stereocenters. The van der Waals surface area contributed by atoms with Gasteiger partial charge < -0.3 is 4.90 Å². The molecule has 0 spiro atoms. The van der Waals surface area contributed by atoms with Gasteiger partial charge in [-0.15, -0.1) is 0 Å². The third kappa shape index (κ3) is 4.42. The minimum Gasteiger partial charge on any atom is -0.341 e. The molecule has 0 bridgehead atoms. The number of carbonyl (C=O) groups excluding carboxylic acids is 1. The standard InChI is InChI=1S/C22H24FN3O/c1-16-21(17(2)26(24-16)20-7-5-4-6-8-20)15-25(3)22(27)14-11-18-9-12-19(23)13-10-18/h4-10,12-13H,11,14-15H2,1-3H3. The minimum absolute atomic E-state index is 0.0607. The number of rotatable bonds is 6. The molecule has 0 N–H and O–H groups in total. The monoisotopic (exact) mass is 365 g/mol. The van der Waals surface area contributed by atoms with Crippen molar-refractivity contribution in [3.63, 3.8) is 0 Å². The van der Waals surface area contributed by atoms with E-state index in [1.54, 1.807) is 17.0 Å². The van der Waals surface area contributed by atoms with Gasteiger partial charge in [-0.1, -0.05) is 30.3 Å². The van der Waals surface area contributed by atoms with Crippen LogP contribution in [0.15, 0.2) is 54.6 Å². The van der Waals surface area contributed by atoms with Gasteiger partial charge in [0.15, 0.2) is 0 Å². The largest absolute Gasteiger partial charge is 0.341 e. The maximum absolute atomic E-state index is 13.0. The highest BCUT2D eigenvalue weighted by atomic mass is 19.1. The van der Waals surface area contributed by atoms with Crippen LogP contribution in [0.3, 0.4) is 0 Å². The normalized spacial score (nSPS) is 10.8. The number of nitrogens with zero attached hydrogens (tertiary/aromatic N) is 3. The van der Waals surface area contributed by atoms with E-state index in [1.807, 2.05) is 55.9 Å². The Kier molecular flexibility index (Phi) is 5.69. The summed E-state index contributed by atoms with van der Waals surface area (Å²) in [5.41, 5.74) is 5.00. The van der Waals surface area contributed by atoms with Gasteiger partial charge in [-0.25, -0.2) is 9.07 Å². The summed E-state index contributed by atoms with van der Waals surface area (Å²) in [6, 6.07) is 16.3. The van der Waals surface area contributed by atoms with Crippen LogP contribution in [0, 0.1) is 19.7 Å². The molecule has 3 rings (SSSR count). The highest BCUT2D eigenvalue weighted by Gasteiger charge is 2.17. The molecule has 0 saturated carbocycles. The average molecular weight is 365 g/mol. The Morgan fingerprint density at radius 2 is 1.74 bits per heavy atom. The number of hydrogen-bond donors (Lipinski definition) is 0. The maximum Gasteiger partial charge on any atom is 0.222 e. The zero-order valence-electron chi connectivity index (χ0n) is 15.9. The van der Waals surface area contributed by atoms with E-state index in [1.165, 1.54) is 12.1 Å². The smallest absolute Gasteiger partial charge is 0.222 e. The maximum atomic E-state index is 13.0. The zero-order valence-corrected chi connectivity index (χ0v) is 15.9. The molecule has 5 heteroatoms. The van der Waals surface area contributed by atoms with E-state index in [0.29, 0.717) is 19.4 Å². The first-order valence-corrected chi connectivity index (χ1v) is 9.04. The molecule has 0 fully saturated rings. The summed E-state index contributed by atoms with van der Waals surface area (Å²) in [6.07, 6.45) is 0.998. The van der Waals surface area contributed by atoms with E-state index in [0.717, 1.165) is 28.2 Å². The predicted molar refractivity (Wildman–Crippen MR) is 104 cm³/mol. The van der Waals surface area contributed by atoms with Crippen LogP contribution < -0.4 is 0 Å². The van der Waals surface area contributed by atoms with Crippen LogP contribution >= 0.6 is 0 Å². The van der Waals surface area contributed by atoms with E-state index >= 15 is 0 Å². The van der Waals surface area contributed by atoms with E-state index in [-0.39, 0.29) is 11.7 Å². The van der Waals surface area contributed by atoms with Crippen molar-refractivity contribution in [2.45, 2.75) is 33.2 Å². The Labute approximate surface area is 159 Å². The fourth-order valence-corrected chi connectivity index (χ4v) is 3.14. The van der Waals surface area contributed by atoms with Crippen molar-refractivity contribution < 1.29 is 9.18 Å². The average Bonchev–Trinajstić information content (AvgIpc) is 2.96. The molecule has 1 heterocycles.